The summed E-state index contributed by atoms with van der Waals surface area (Å²) >= 11 is 3.38. The van der Waals surface area contributed by atoms with Gasteiger partial charge < -0.3 is 15.0 Å². The third-order valence-electron chi connectivity index (χ3n) is 3.38. The van der Waals surface area contributed by atoms with Gasteiger partial charge in [0.2, 0.25) is 5.91 Å². The second-order valence-corrected chi connectivity index (χ2v) is 5.41. The number of halogens is 1. The maximum Gasteiger partial charge on any atom is 0.255 e. The molecule has 0 aromatic heterocycles. The van der Waals surface area contributed by atoms with Crippen LogP contribution in [0.4, 0.5) is 0 Å². The molecule has 108 valence electrons. The number of ether oxygens (including phenoxy) is 1. The number of amides is 2. The summed E-state index contributed by atoms with van der Waals surface area (Å²) in [6, 6.07) is 4.83. The fraction of sp³-hybridized carbons (Fsp3) is 0.429. The molecule has 1 aliphatic rings. The van der Waals surface area contributed by atoms with Crippen LogP contribution in [0.25, 0.3) is 0 Å². The molecular weight excluding hydrogens is 324 g/mol. The van der Waals surface area contributed by atoms with E-state index in [2.05, 4.69) is 21.2 Å². The summed E-state index contributed by atoms with van der Waals surface area (Å²) in [6.45, 7) is 2.91. The number of nitrogens with one attached hydrogen (secondary N) is 1. The van der Waals surface area contributed by atoms with Crippen molar-refractivity contribution in [2.45, 2.75) is 19.4 Å². The predicted molar refractivity (Wildman–Crippen MR) is 78.8 cm³/mol. The Hall–Kier alpha value is -1.56. The molecule has 20 heavy (non-hydrogen) atoms. The lowest BCUT2D eigenvalue weighted by molar-refractivity contribution is -0.127. The molecule has 6 heteroatoms. The Bertz CT molecular complexity index is 533. The third-order valence-corrected chi connectivity index (χ3v) is 4.07. The van der Waals surface area contributed by atoms with E-state index in [-0.39, 0.29) is 11.8 Å². The van der Waals surface area contributed by atoms with Gasteiger partial charge in [-0.15, -0.1) is 0 Å². The molecule has 1 saturated heterocycles. The fourth-order valence-electron chi connectivity index (χ4n) is 2.31. The van der Waals surface area contributed by atoms with Gasteiger partial charge in [0.15, 0.2) is 0 Å². The first-order valence-corrected chi connectivity index (χ1v) is 7.30. The van der Waals surface area contributed by atoms with Crippen LogP contribution in [-0.2, 0) is 4.79 Å². The van der Waals surface area contributed by atoms with Crippen molar-refractivity contribution in [3.63, 3.8) is 0 Å². The van der Waals surface area contributed by atoms with Gasteiger partial charge in [-0.1, -0.05) is 6.92 Å². The number of hydrogen-bond donors (Lipinski definition) is 1. The highest BCUT2D eigenvalue weighted by atomic mass is 79.9. The monoisotopic (exact) mass is 340 g/mol. The Labute approximate surface area is 126 Å². The first kappa shape index (κ1) is 14.8. The van der Waals surface area contributed by atoms with Crippen molar-refractivity contribution in [1.29, 1.82) is 0 Å². The SMILES string of the molecule is CCC1C(=O)NCCN1C(=O)c1cc(OC)ccc1Br. The van der Waals surface area contributed by atoms with Crippen LogP contribution < -0.4 is 10.1 Å². The van der Waals surface area contributed by atoms with Crippen molar-refractivity contribution in [3.05, 3.63) is 28.2 Å². The van der Waals surface area contributed by atoms with Crippen LogP contribution >= 0.6 is 15.9 Å². The highest BCUT2D eigenvalue weighted by molar-refractivity contribution is 9.10. The minimum Gasteiger partial charge on any atom is -0.497 e. The van der Waals surface area contributed by atoms with E-state index in [1.165, 1.54) is 0 Å². The third kappa shape index (κ3) is 2.80. The highest BCUT2D eigenvalue weighted by Gasteiger charge is 2.32. The van der Waals surface area contributed by atoms with Crippen molar-refractivity contribution in [2.24, 2.45) is 0 Å². The molecule has 0 radical (unpaired) electrons. The van der Waals surface area contributed by atoms with Crippen LogP contribution in [0.3, 0.4) is 0 Å². The minimum absolute atomic E-state index is 0.0916. The van der Waals surface area contributed by atoms with Crippen LogP contribution in [-0.4, -0.2) is 43.0 Å². The molecule has 1 heterocycles. The zero-order chi connectivity index (χ0) is 14.7. The molecule has 1 aromatic carbocycles. The van der Waals surface area contributed by atoms with E-state index in [0.717, 1.165) is 0 Å². The zero-order valence-electron chi connectivity index (χ0n) is 11.5. The zero-order valence-corrected chi connectivity index (χ0v) is 13.1. The van der Waals surface area contributed by atoms with Crippen LogP contribution in [0.15, 0.2) is 22.7 Å². The molecule has 0 bridgehead atoms. The highest BCUT2D eigenvalue weighted by Crippen LogP contribution is 2.25. The van der Waals surface area contributed by atoms with Gasteiger partial charge in [0, 0.05) is 17.6 Å². The smallest absolute Gasteiger partial charge is 0.255 e. The Kier molecular flexibility index (Phi) is 4.65. The number of methoxy groups -OCH3 is 1. The molecule has 2 amide bonds. The first-order valence-electron chi connectivity index (χ1n) is 6.50. The average Bonchev–Trinajstić information content (AvgIpc) is 2.46. The van der Waals surface area contributed by atoms with E-state index in [0.29, 0.717) is 35.3 Å². The molecule has 1 N–H and O–H groups in total. The van der Waals surface area contributed by atoms with Crippen LogP contribution in [0.5, 0.6) is 5.75 Å². The standard InChI is InChI=1S/C14H17BrN2O3/c1-3-12-13(18)16-6-7-17(12)14(19)10-8-9(20-2)4-5-11(10)15/h4-5,8,12H,3,6-7H2,1-2H3,(H,16,18). The molecule has 0 spiro atoms. The molecule has 1 aliphatic heterocycles. The van der Waals surface area contributed by atoms with Gasteiger partial charge >= 0.3 is 0 Å². The summed E-state index contributed by atoms with van der Waals surface area (Å²) in [5, 5.41) is 2.79. The molecule has 2 rings (SSSR count). The van der Waals surface area contributed by atoms with E-state index in [1.807, 2.05) is 6.92 Å². The van der Waals surface area contributed by atoms with Crippen LogP contribution in [0, 0.1) is 0 Å². The normalized spacial score (nSPS) is 18.6. The lowest BCUT2D eigenvalue weighted by atomic mass is 10.1. The molecule has 0 saturated carbocycles. The van der Waals surface area contributed by atoms with Crippen molar-refractivity contribution < 1.29 is 14.3 Å². The van der Waals surface area contributed by atoms with Gasteiger partial charge in [-0.05, 0) is 40.5 Å². The summed E-state index contributed by atoms with van der Waals surface area (Å²) in [5.41, 5.74) is 0.512. The molecule has 0 aliphatic carbocycles. The Morgan fingerprint density at radius 1 is 1.55 bits per heavy atom. The molecule has 1 fully saturated rings. The number of rotatable bonds is 3. The largest absolute Gasteiger partial charge is 0.497 e. The van der Waals surface area contributed by atoms with E-state index >= 15 is 0 Å². The van der Waals surface area contributed by atoms with Gasteiger partial charge in [-0.25, -0.2) is 0 Å². The fourth-order valence-corrected chi connectivity index (χ4v) is 2.73. The molecule has 1 aromatic rings. The van der Waals surface area contributed by atoms with Gasteiger partial charge in [0.1, 0.15) is 11.8 Å². The number of carbonyl (C=O) groups excluding carboxylic acids is 2. The Balaban J connectivity index is 2.32. The number of benzene rings is 1. The lowest BCUT2D eigenvalue weighted by Gasteiger charge is -2.34. The van der Waals surface area contributed by atoms with E-state index < -0.39 is 6.04 Å². The summed E-state index contributed by atoms with van der Waals surface area (Å²) in [6.07, 6.45) is 0.596. The van der Waals surface area contributed by atoms with Gasteiger partial charge in [-0.3, -0.25) is 9.59 Å². The minimum atomic E-state index is -0.408. The summed E-state index contributed by atoms with van der Waals surface area (Å²) in [4.78, 5) is 26.1. The average molecular weight is 341 g/mol. The van der Waals surface area contributed by atoms with Crippen LogP contribution in [0.2, 0.25) is 0 Å². The molecular formula is C14H17BrN2O3. The number of piperazine rings is 1. The Morgan fingerprint density at radius 3 is 2.95 bits per heavy atom. The van der Waals surface area contributed by atoms with E-state index in [9.17, 15) is 9.59 Å². The van der Waals surface area contributed by atoms with Gasteiger partial charge in [-0.2, -0.15) is 0 Å². The van der Waals surface area contributed by atoms with E-state index in [4.69, 9.17) is 4.74 Å². The van der Waals surface area contributed by atoms with Crippen molar-refractivity contribution >= 4 is 27.7 Å². The molecule has 5 nitrogen and oxygen atoms in total. The maximum atomic E-state index is 12.7. The quantitative estimate of drug-likeness (QED) is 0.912. The Morgan fingerprint density at radius 2 is 2.30 bits per heavy atom. The van der Waals surface area contributed by atoms with Gasteiger partial charge in [0.25, 0.3) is 5.91 Å². The lowest BCUT2D eigenvalue weighted by Crippen LogP contribution is -2.56. The second-order valence-electron chi connectivity index (χ2n) is 4.56. The topological polar surface area (TPSA) is 58.6 Å². The summed E-state index contributed by atoms with van der Waals surface area (Å²) in [5.74, 6) is 0.370. The number of nitrogens with zero attached hydrogens (tertiary/aromatic N) is 1. The van der Waals surface area contributed by atoms with Crippen molar-refractivity contribution in [3.8, 4) is 5.75 Å². The van der Waals surface area contributed by atoms with Crippen molar-refractivity contribution in [1.82, 2.24) is 10.2 Å². The summed E-state index contributed by atoms with van der Waals surface area (Å²) < 4.78 is 5.85. The second kappa shape index (κ2) is 6.26. The van der Waals surface area contributed by atoms with Gasteiger partial charge in [0.05, 0.1) is 12.7 Å². The van der Waals surface area contributed by atoms with Crippen LogP contribution in [0.1, 0.15) is 23.7 Å². The molecule has 1 unspecified atom stereocenters. The van der Waals surface area contributed by atoms with E-state index in [1.54, 1.807) is 30.2 Å². The molecule has 1 atom stereocenters. The summed E-state index contributed by atoms with van der Waals surface area (Å²) in [7, 11) is 1.56. The maximum absolute atomic E-state index is 12.7. The predicted octanol–water partition coefficient (Wildman–Crippen LogP) is 1.81. The number of hydrogen-bond acceptors (Lipinski definition) is 3. The van der Waals surface area contributed by atoms with Crippen molar-refractivity contribution in [2.75, 3.05) is 20.2 Å². The number of carbonyl (C=O) groups is 2. The first-order chi connectivity index (χ1) is 9.58.